The minimum absolute atomic E-state index is 0.108. The van der Waals surface area contributed by atoms with Crippen LogP contribution in [0.4, 0.5) is 0 Å². The number of carbonyl (C=O) groups is 3. The SMILES string of the molecule is CCOC(=O)C1=C2COc3ccccc3C2n2c(C)c(C(=O)OC)c(C(=O)OC)c2C1. The second kappa shape index (κ2) is 7.94. The average molecular weight is 425 g/mol. The maximum absolute atomic E-state index is 12.9. The van der Waals surface area contributed by atoms with E-state index < -0.39 is 23.9 Å². The third kappa shape index (κ3) is 3.10. The Morgan fingerprint density at radius 1 is 1.06 bits per heavy atom. The van der Waals surface area contributed by atoms with E-state index in [1.807, 2.05) is 28.8 Å². The third-order valence-corrected chi connectivity index (χ3v) is 5.77. The van der Waals surface area contributed by atoms with E-state index in [0.29, 0.717) is 22.7 Å². The van der Waals surface area contributed by atoms with Crippen molar-refractivity contribution in [2.45, 2.75) is 26.3 Å². The smallest absolute Gasteiger partial charge is 0.340 e. The lowest BCUT2D eigenvalue weighted by atomic mass is 9.86. The fourth-order valence-corrected chi connectivity index (χ4v) is 4.47. The van der Waals surface area contributed by atoms with Crippen molar-refractivity contribution >= 4 is 17.9 Å². The zero-order valence-electron chi connectivity index (χ0n) is 17.8. The summed E-state index contributed by atoms with van der Waals surface area (Å²) in [7, 11) is 2.51. The lowest BCUT2D eigenvalue weighted by Crippen LogP contribution is -2.33. The molecule has 0 spiro atoms. The molecule has 1 unspecified atom stereocenters. The van der Waals surface area contributed by atoms with Gasteiger partial charge in [-0.15, -0.1) is 0 Å². The predicted molar refractivity (Wildman–Crippen MR) is 109 cm³/mol. The summed E-state index contributed by atoms with van der Waals surface area (Å²) in [5.74, 6) is -1.09. The molecule has 31 heavy (non-hydrogen) atoms. The highest BCUT2D eigenvalue weighted by atomic mass is 16.5. The number of esters is 3. The zero-order chi connectivity index (χ0) is 22.3. The highest BCUT2D eigenvalue weighted by molar-refractivity contribution is 6.06. The first-order valence-corrected chi connectivity index (χ1v) is 9.95. The van der Waals surface area contributed by atoms with Gasteiger partial charge in [0.25, 0.3) is 0 Å². The highest BCUT2D eigenvalue weighted by Crippen LogP contribution is 2.46. The van der Waals surface area contributed by atoms with Gasteiger partial charge >= 0.3 is 17.9 Å². The molecule has 1 aromatic heterocycles. The van der Waals surface area contributed by atoms with Gasteiger partial charge in [0.1, 0.15) is 12.4 Å². The molecule has 0 fully saturated rings. The number of benzene rings is 1. The number of para-hydroxylation sites is 1. The molecule has 4 rings (SSSR count). The highest BCUT2D eigenvalue weighted by Gasteiger charge is 2.42. The molecule has 2 aliphatic rings. The van der Waals surface area contributed by atoms with E-state index in [1.165, 1.54) is 14.2 Å². The van der Waals surface area contributed by atoms with Crippen LogP contribution in [-0.2, 0) is 25.4 Å². The molecule has 1 aromatic carbocycles. The fraction of sp³-hybridized carbons (Fsp3) is 0.348. The second-order valence-electron chi connectivity index (χ2n) is 7.27. The maximum atomic E-state index is 12.9. The number of hydrogen-bond acceptors (Lipinski definition) is 7. The molecule has 2 aromatic rings. The minimum atomic E-state index is -0.663. The first kappa shape index (κ1) is 20.7. The minimum Gasteiger partial charge on any atom is -0.489 e. The summed E-state index contributed by atoms with van der Waals surface area (Å²) in [5, 5.41) is 0. The number of methoxy groups -OCH3 is 2. The van der Waals surface area contributed by atoms with E-state index in [4.69, 9.17) is 18.9 Å². The molecule has 0 bridgehead atoms. The van der Waals surface area contributed by atoms with Gasteiger partial charge in [-0.25, -0.2) is 14.4 Å². The van der Waals surface area contributed by atoms with Crippen LogP contribution in [0.15, 0.2) is 35.4 Å². The van der Waals surface area contributed by atoms with E-state index >= 15 is 0 Å². The molecule has 2 aliphatic heterocycles. The van der Waals surface area contributed by atoms with Crippen molar-refractivity contribution in [2.24, 2.45) is 0 Å². The first-order valence-electron chi connectivity index (χ1n) is 9.95. The molecule has 162 valence electrons. The Kier molecular flexibility index (Phi) is 5.31. The number of fused-ring (bicyclic) bond motifs is 5. The molecule has 0 saturated carbocycles. The summed E-state index contributed by atoms with van der Waals surface area (Å²) in [6.07, 6.45) is 0.110. The number of ether oxygens (including phenoxy) is 4. The van der Waals surface area contributed by atoms with E-state index in [9.17, 15) is 14.4 Å². The number of hydrogen-bond donors (Lipinski definition) is 0. The van der Waals surface area contributed by atoms with E-state index in [1.54, 1.807) is 13.8 Å². The van der Waals surface area contributed by atoms with Crippen LogP contribution in [0.5, 0.6) is 5.75 Å². The summed E-state index contributed by atoms with van der Waals surface area (Å²) < 4.78 is 23.1. The predicted octanol–water partition coefficient (Wildman–Crippen LogP) is 2.77. The number of nitrogens with zero attached hydrogens (tertiary/aromatic N) is 1. The van der Waals surface area contributed by atoms with Crippen LogP contribution >= 0.6 is 0 Å². The number of carbonyl (C=O) groups excluding carboxylic acids is 3. The summed E-state index contributed by atoms with van der Waals surface area (Å²) in [4.78, 5) is 38.2. The molecule has 0 radical (unpaired) electrons. The van der Waals surface area contributed by atoms with Crippen LogP contribution in [0, 0.1) is 6.92 Å². The molecule has 0 aliphatic carbocycles. The van der Waals surface area contributed by atoms with E-state index in [-0.39, 0.29) is 30.8 Å². The van der Waals surface area contributed by atoms with Crippen LogP contribution in [0.1, 0.15) is 50.6 Å². The summed E-state index contributed by atoms with van der Waals surface area (Å²) in [5.41, 5.74) is 3.32. The topological polar surface area (TPSA) is 93.1 Å². The lowest BCUT2D eigenvalue weighted by molar-refractivity contribution is -0.138. The van der Waals surface area contributed by atoms with Gasteiger partial charge < -0.3 is 23.5 Å². The lowest BCUT2D eigenvalue weighted by Gasteiger charge is -2.36. The molecule has 0 saturated heterocycles. The van der Waals surface area contributed by atoms with E-state index in [2.05, 4.69) is 0 Å². The summed E-state index contributed by atoms with van der Waals surface area (Å²) >= 11 is 0. The van der Waals surface area contributed by atoms with Gasteiger partial charge in [-0.1, -0.05) is 18.2 Å². The molecule has 0 amide bonds. The quantitative estimate of drug-likeness (QED) is 0.549. The van der Waals surface area contributed by atoms with Gasteiger partial charge in [-0.2, -0.15) is 0 Å². The normalized spacial score (nSPS) is 16.5. The number of aromatic nitrogens is 1. The van der Waals surface area contributed by atoms with Crippen LogP contribution in [0.3, 0.4) is 0 Å². The van der Waals surface area contributed by atoms with Gasteiger partial charge in [0.05, 0.1) is 38.0 Å². The van der Waals surface area contributed by atoms with Crippen molar-refractivity contribution < 1.29 is 33.3 Å². The van der Waals surface area contributed by atoms with Gasteiger partial charge in [0, 0.05) is 34.5 Å². The summed E-state index contributed by atoms with van der Waals surface area (Å²) in [6, 6.07) is 7.09. The molecule has 0 N–H and O–H groups in total. The van der Waals surface area contributed by atoms with Crippen LogP contribution in [0.2, 0.25) is 0 Å². The monoisotopic (exact) mass is 425 g/mol. The molecule has 8 heteroatoms. The second-order valence-corrected chi connectivity index (χ2v) is 7.27. The molecule has 3 heterocycles. The van der Waals surface area contributed by atoms with Gasteiger partial charge in [-0.3, -0.25) is 0 Å². The van der Waals surface area contributed by atoms with Gasteiger partial charge in [-0.05, 0) is 19.9 Å². The van der Waals surface area contributed by atoms with Crippen molar-refractivity contribution in [3.05, 3.63) is 63.5 Å². The molecule has 1 atom stereocenters. The Morgan fingerprint density at radius 3 is 2.42 bits per heavy atom. The van der Waals surface area contributed by atoms with Crippen LogP contribution in [0.25, 0.3) is 0 Å². The van der Waals surface area contributed by atoms with Gasteiger partial charge in [0.2, 0.25) is 0 Å². The largest absolute Gasteiger partial charge is 0.489 e. The molecular formula is C23H23NO7. The fourth-order valence-electron chi connectivity index (χ4n) is 4.47. The van der Waals surface area contributed by atoms with Crippen molar-refractivity contribution in [3.8, 4) is 5.75 Å². The Morgan fingerprint density at radius 2 is 1.74 bits per heavy atom. The van der Waals surface area contributed by atoms with Crippen molar-refractivity contribution in [2.75, 3.05) is 27.4 Å². The number of rotatable bonds is 4. The third-order valence-electron chi connectivity index (χ3n) is 5.77. The van der Waals surface area contributed by atoms with Crippen LogP contribution in [-0.4, -0.2) is 49.9 Å². The Balaban J connectivity index is 2.05. The Labute approximate surface area is 179 Å². The van der Waals surface area contributed by atoms with Crippen molar-refractivity contribution in [1.29, 1.82) is 0 Å². The van der Waals surface area contributed by atoms with Gasteiger partial charge in [0.15, 0.2) is 0 Å². The Hall–Kier alpha value is -3.55. The standard InChI is InChI=1S/C23H23NO7/c1-5-30-21(25)14-10-16-19(23(27)29-4)18(22(26)28-3)12(2)24(16)20-13-8-6-7-9-17(13)31-11-15(14)20/h6-9,20H,5,10-11H2,1-4H3. The average Bonchev–Trinajstić information content (AvgIpc) is 3.09. The van der Waals surface area contributed by atoms with E-state index in [0.717, 1.165) is 11.1 Å². The molecule has 8 nitrogen and oxygen atoms in total. The summed E-state index contributed by atoms with van der Waals surface area (Å²) in [6.45, 7) is 3.91. The van der Waals surface area contributed by atoms with Crippen molar-refractivity contribution in [1.82, 2.24) is 4.57 Å². The zero-order valence-corrected chi connectivity index (χ0v) is 17.8. The van der Waals surface area contributed by atoms with Crippen LogP contribution < -0.4 is 4.74 Å². The Bertz CT molecular complexity index is 1130. The van der Waals surface area contributed by atoms with Crippen molar-refractivity contribution in [3.63, 3.8) is 0 Å². The molecular weight excluding hydrogens is 402 g/mol. The maximum Gasteiger partial charge on any atom is 0.340 e. The first-order chi connectivity index (χ1) is 14.9.